The van der Waals surface area contributed by atoms with Crippen LogP contribution in [0, 0.1) is 0 Å². The molecule has 7 nitrogen and oxygen atoms in total. The zero-order chi connectivity index (χ0) is 28.6. The van der Waals surface area contributed by atoms with Crippen molar-refractivity contribution in [2.24, 2.45) is 0 Å². The van der Waals surface area contributed by atoms with Crippen LogP contribution in [0.2, 0.25) is 0 Å². The molecule has 3 rings (SSSR count). The molecule has 3 N–H and O–H groups in total. The van der Waals surface area contributed by atoms with Crippen LogP contribution in [0.15, 0.2) is 65.7 Å². The monoisotopic (exact) mass is 548 g/mol. The zero-order valence-corrected chi connectivity index (χ0v) is 25.7. The molecule has 0 aliphatic heterocycles. The molecule has 0 spiro atoms. The Morgan fingerprint density at radius 1 is 0.892 bits per heavy atom. The molecule has 0 saturated heterocycles. The lowest BCUT2D eigenvalue weighted by molar-refractivity contribution is 0.102. The van der Waals surface area contributed by atoms with Gasteiger partial charge in [-0.2, -0.15) is 0 Å². The molecule has 0 unspecified atom stereocenters. The molecule has 1 amide bonds. The summed E-state index contributed by atoms with van der Waals surface area (Å²) in [4.78, 5) is 22.2. The van der Waals surface area contributed by atoms with Crippen molar-refractivity contribution in [1.29, 1.82) is 0 Å². The predicted octanol–water partition coefficient (Wildman–Crippen LogP) is 8.74. The molecule has 0 bridgehead atoms. The Kier molecular flexibility index (Phi) is 23.6. The molecule has 0 radical (unpaired) electrons. The quantitative estimate of drug-likeness (QED) is 0.214. The minimum absolute atomic E-state index is 0.0850. The van der Waals surface area contributed by atoms with E-state index in [9.17, 15) is 4.79 Å². The molecule has 2 aromatic carbocycles. The second-order valence-electron chi connectivity index (χ2n) is 5.80. The molecule has 0 fully saturated rings. The fraction of sp³-hybridized carbons (Fsp3) is 0.393. The maximum Gasteiger partial charge on any atom is 0.278 e. The van der Waals surface area contributed by atoms with Gasteiger partial charge in [0.1, 0.15) is 0 Å². The number of hydrogen-bond acceptors (Lipinski definition) is 7. The van der Waals surface area contributed by atoms with Gasteiger partial charge in [0.25, 0.3) is 5.91 Å². The zero-order valence-electron chi connectivity index (χ0n) is 24.0. The van der Waals surface area contributed by atoms with Gasteiger partial charge in [0.15, 0.2) is 19.9 Å². The Labute approximate surface area is 229 Å². The number of carbonyl (C=O) groups excluding carboxylic acids is 1. The average Bonchev–Trinajstić information content (AvgIpc) is 2.99. The van der Waals surface area contributed by atoms with E-state index in [4.69, 9.17) is 14.8 Å². The van der Waals surface area contributed by atoms with Crippen molar-refractivity contribution >= 4 is 37.5 Å². The van der Waals surface area contributed by atoms with Crippen LogP contribution in [0.1, 0.15) is 65.9 Å². The number of anilines is 2. The lowest BCUT2D eigenvalue weighted by atomic mass is 10.1. The van der Waals surface area contributed by atoms with Gasteiger partial charge in [0.05, 0.1) is 17.4 Å². The Bertz CT molecular complexity index is 957. The third kappa shape index (κ3) is 13.6. The highest BCUT2D eigenvalue weighted by Crippen LogP contribution is 2.42. The summed E-state index contributed by atoms with van der Waals surface area (Å²) in [6.45, 7) is 16.0. The molecule has 1 heterocycles. The van der Waals surface area contributed by atoms with Crippen LogP contribution in [0.25, 0.3) is 11.3 Å². The molecular formula is C28H45N4O3PS. The summed E-state index contributed by atoms with van der Waals surface area (Å²) in [7, 11) is 2.38. The van der Waals surface area contributed by atoms with E-state index in [1.165, 1.54) is 0 Å². The number of nitrogens with one attached hydrogen (secondary N) is 1. The highest BCUT2D eigenvalue weighted by molar-refractivity contribution is 8.04. The lowest BCUT2D eigenvalue weighted by Crippen LogP contribution is -2.17. The molecule has 1 aromatic heterocycles. The smallest absolute Gasteiger partial charge is 0.278 e. The number of amides is 1. The first-order valence-corrected chi connectivity index (χ1v) is 15.0. The number of nitrogens with zero attached hydrogens (tertiary/aromatic N) is 2. The highest BCUT2D eigenvalue weighted by Gasteiger charge is 2.15. The van der Waals surface area contributed by atoms with Crippen molar-refractivity contribution in [2.45, 2.75) is 60.3 Å². The van der Waals surface area contributed by atoms with E-state index in [0.717, 1.165) is 16.0 Å². The van der Waals surface area contributed by atoms with Gasteiger partial charge < -0.3 is 20.1 Å². The third-order valence-electron chi connectivity index (χ3n) is 3.94. The van der Waals surface area contributed by atoms with Gasteiger partial charge in [-0.1, -0.05) is 85.7 Å². The average molecular weight is 549 g/mol. The SMILES string of the molecule is CC.CC.CC.CC.COP(CSc1ccc(NC(=O)c2nc(-c3ccccc3)cnc2N)cc1)OC. The first-order valence-electron chi connectivity index (χ1n) is 12.7. The molecule has 3 aromatic rings. The molecule has 0 aliphatic carbocycles. The molecule has 0 saturated carbocycles. The van der Waals surface area contributed by atoms with Gasteiger partial charge in [-0.05, 0) is 24.3 Å². The highest BCUT2D eigenvalue weighted by atomic mass is 32.2. The number of rotatable bonds is 8. The minimum Gasteiger partial charge on any atom is -0.382 e. The van der Waals surface area contributed by atoms with E-state index >= 15 is 0 Å². The van der Waals surface area contributed by atoms with Crippen LogP contribution in [0.3, 0.4) is 0 Å². The Morgan fingerprint density at radius 3 is 1.95 bits per heavy atom. The molecular weight excluding hydrogens is 503 g/mol. The van der Waals surface area contributed by atoms with Gasteiger partial charge in [-0.15, -0.1) is 11.8 Å². The first kappa shape index (κ1) is 36.6. The van der Waals surface area contributed by atoms with E-state index in [-0.39, 0.29) is 11.5 Å². The molecule has 206 valence electrons. The number of thioether (sulfide) groups is 1. The predicted molar refractivity (Wildman–Crippen MR) is 163 cm³/mol. The number of nitrogens with two attached hydrogens (primary N) is 1. The second kappa shape index (κ2) is 23.9. The summed E-state index contributed by atoms with van der Waals surface area (Å²) >= 11 is 1.63. The van der Waals surface area contributed by atoms with Crippen LogP contribution < -0.4 is 11.1 Å². The number of benzene rings is 2. The molecule has 37 heavy (non-hydrogen) atoms. The maximum atomic E-state index is 12.7. The van der Waals surface area contributed by atoms with Crippen LogP contribution >= 0.6 is 20.1 Å². The fourth-order valence-electron chi connectivity index (χ4n) is 2.45. The van der Waals surface area contributed by atoms with Gasteiger partial charge >= 0.3 is 0 Å². The van der Waals surface area contributed by atoms with Crippen molar-refractivity contribution in [3.8, 4) is 11.3 Å². The number of carbonyl (C=O) groups is 1. The van der Waals surface area contributed by atoms with E-state index in [2.05, 4.69) is 15.3 Å². The standard InChI is InChI=1S/C20H21N4O3PS.4C2H6/c1-26-28(27-2)13-29-16-10-8-15(9-11-16)23-20(25)18-19(21)22-12-17(24-18)14-6-4-3-5-7-14;4*1-2/h3-12H,13H2,1-2H3,(H2,21,22)(H,23,25);4*1-2H3. The van der Waals surface area contributed by atoms with E-state index < -0.39 is 14.3 Å². The fourth-order valence-corrected chi connectivity index (χ4v) is 4.78. The molecule has 9 heteroatoms. The Balaban J connectivity index is 0. The van der Waals surface area contributed by atoms with Crippen molar-refractivity contribution in [1.82, 2.24) is 9.97 Å². The summed E-state index contributed by atoms with van der Waals surface area (Å²) in [6.07, 6.45) is 1.56. The molecule has 0 aliphatic rings. The summed E-state index contributed by atoms with van der Waals surface area (Å²) in [5.74, 6) is -0.322. The lowest BCUT2D eigenvalue weighted by Gasteiger charge is -2.12. The van der Waals surface area contributed by atoms with Crippen molar-refractivity contribution in [3.63, 3.8) is 0 Å². The van der Waals surface area contributed by atoms with Gasteiger partial charge in [0.2, 0.25) is 0 Å². The van der Waals surface area contributed by atoms with Crippen LogP contribution in [-0.4, -0.2) is 35.6 Å². The summed E-state index contributed by atoms with van der Waals surface area (Å²) < 4.78 is 10.5. The van der Waals surface area contributed by atoms with E-state index in [1.54, 1.807) is 32.2 Å². The van der Waals surface area contributed by atoms with Crippen LogP contribution in [0.4, 0.5) is 11.5 Å². The van der Waals surface area contributed by atoms with Crippen molar-refractivity contribution in [2.75, 3.05) is 30.8 Å². The normalized spacial score (nSPS) is 9.16. The summed E-state index contributed by atoms with van der Waals surface area (Å²) in [5.41, 5.74) is 8.80. The van der Waals surface area contributed by atoms with Crippen molar-refractivity contribution < 1.29 is 13.8 Å². The van der Waals surface area contributed by atoms with Gasteiger partial charge in [0, 0.05) is 30.4 Å². The minimum atomic E-state index is -0.894. The van der Waals surface area contributed by atoms with Gasteiger partial charge in [-0.25, -0.2) is 9.97 Å². The number of aromatic nitrogens is 2. The number of nitrogen functional groups attached to an aromatic ring is 1. The van der Waals surface area contributed by atoms with Crippen LogP contribution in [-0.2, 0) is 9.05 Å². The molecule has 0 atom stereocenters. The Morgan fingerprint density at radius 2 is 1.43 bits per heavy atom. The maximum absolute atomic E-state index is 12.7. The topological polar surface area (TPSA) is 99.4 Å². The van der Waals surface area contributed by atoms with Crippen molar-refractivity contribution in [3.05, 3.63) is 66.5 Å². The first-order chi connectivity index (χ1) is 18.1. The summed E-state index contributed by atoms with van der Waals surface area (Å²) in [6, 6.07) is 17.0. The van der Waals surface area contributed by atoms with E-state index in [1.807, 2.05) is 110 Å². The summed E-state index contributed by atoms with van der Waals surface area (Å²) in [5, 5.41) is 2.82. The van der Waals surface area contributed by atoms with Crippen LogP contribution in [0.5, 0.6) is 0 Å². The number of hydrogen-bond donors (Lipinski definition) is 2. The largest absolute Gasteiger partial charge is 0.382 e. The van der Waals surface area contributed by atoms with E-state index in [0.29, 0.717) is 11.4 Å². The second-order valence-corrected chi connectivity index (χ2v) is 8.99. The van der Waals surface area contributed by atoms with Gasteiger partial charge in [-0.3, -0.25) is 4.79 Å². The third-order valence-corrected chi connectivity index (χ3v) is 6.72. The Hall–Kier alpha value is -2.51.